The Hall–Kier alpha value is -4.29. The average Bonchev–Trinajstić information content (AvgIpc) is 3.63. The first kappa shape index (κ1) is 35.0. The summed E-state index contributed by atoms with van der Waals surface area (Å²) in [6.45, 7) is 1.81. The summed E-state index contributed by atoms with van der Waals surface area (Å²) < 4.78 is 4.97. The number of nitrogens with one attached hydrogen (secondary N) is 1. The molecule has 7 N–H and O–H groups in total. The lowest BCUT2D eigenvalue weighted by atomic mass is 9.82. The maximum atomic E-state index is 14.0. The molecule has 5 rings (SSSR count). The van der Waals surface area contributed by atoms with Crippen molar-refractivity contribution in [2.24, 2.45) is 5.92 Å². The molecule has 3 aliphatic heterocycles. The first-order valence-corrected chi connectivity index (χ1v) is 15.5. The Bertz CT molecular complexity index is 1600. The van der Waals surface area contributed by atoms with Gasteiger partial charge in [0.15, 0.2) is 18.0 Å². The number of nitrogens with zero attached hydrogens (tertiary/aromatic N) is 3. The van der Waals surface area contributed by atoms with Crippen molar-refractivity contribution in [3.05, 3.63) is 75.9 Å². The van der Waals surface area contributed by atoms with Crippen LogP contribution in [0.15, 0.2) is 54.6 Å². The fourth-order valence-corrected chi connectivity index (χ4v) is 6.41. The number of fused-ring (bicyclic) bond motifs is 1. The smallest absolute Gasteiger partial charge is 0.269 e. The Balaban J connectivity index is 1.35. The first-order chi connectivity index (χ1) is 22.8. The van der Waals surface area contributed by atoms with Crippen molar-refractivity contribution in [1.82, 2.24) is 4.90 Å². The van der Waals surface area contributed by atoms with Gasteiger partial charge in [0.05, 0.1) is 29.8 Å². The predicted molar refractivity (Wildman–Crippen MR) is 167 cm³/mol. The largest absolute Gasteiger partial charge is 0.394 e. The molecule has 2 saturated heterocycles. The number of hydrogen-bond donors (Lipinski definition) is 7. The molecule has 0 aliphatic carbocycles. The number of carbonyl (C=O) groups is 3. The van der Waals surface area contributed by atoms with E-state index in [4.69, 9.17) is 4.74 Å². The van der Waals surface area contributed by atoms with E-state index in [1.165, 1.54) is 41.3 Å². The third-order valence-electron chi connectivity index (χ3n) is 9.13. The quantitative estimate of drug-likeness (QED) is 0.0973. The van der Waals surface area contributed by atoms with E-state index in [0.717, 1.165) is 12.5 Å². The van der Waals surface area contributed by atoms with Crippen LogP contribution in [0.5, 0.6) is 0 Å². The molecular weight excluding hydrogens is 632 g/mol. The average molecular weight is 671 g/mol. The molecule has 0 saturated carbocycles. The summed E-state index contributed by atoms with van der Waals surface area (Å²) in [4.78, 5) is 53.4. The maximum absolute atomic E-state index is 14.0. The van der Waals surface area contributed by atoms with E-state index >= 15 is 0 Å². The molecule has 3 heterocycles. The highest BCUT2D eigenvalue weighted by Gasteiger charge is 2.53. The van der Waals surface area contributed by atoms with Crippen LogP contribution in [0.25, 0.3) is 0 Å². The number of aliphatic hydroxyl groups excluding tert-OH is 5. The number of nitro groups is 1. The van der Waals surface area contributed by atoms with Crippen molar-refractivity contribution in [3.63, 3.8) is 0 Å². The van der Waals surface area contributed by atoms with Crippen LogP contribution in [0.3, 0.4) is 0 Å². The van der Waals surface area contributed by atoms with Crippen molar-refractivity contribution in [3.8, 4) is 0 Å². The number of hydrogen-bond acceptors (Lipinski definition) is 12. The molecule has 0 unspecified atom stereocenters. The highest BCUT2D eigenvalue weighted by atomic mass is 16.6. The minimum Gasteiger partial charge on any atom is -0.394 e. The van der Waals surface area contributed by atoms with Gasteiger partial charge in [0.1, 0.15) is 18.3 Å². The molecule has 8 atom stereocenters. The molecule has 0 bridgehead atoms. The fourth-order valence-electron chi connectivity index (χ4n) is 6.41. The van der Waals surface area contributed by atoms with Crippen molar-refractivity contribution in [2.45, 2.75) is 75.1 Å². The number of likely N-dealkylation sites (tertiary alicyclic amines) is 1. The van der Waals surface area contributed by atoms with Crippen LogP contribution in [-0.4, -0.2) is 108 Å². The molecule has 2 aromatic carbocycles. The van der Waals surface area contributed by atoms with Crippen molar-refractivity contribution >= 4 is 34.8 Å². The highest BCUT2D eigenvalue weighted by Crippen LogP contribution is 2.47. The second-order valence-electron chi connectivity index (χ2n) is 12.2. The molecule has 0 aromatic heterocycles. The summed E-state index contributed by atoms with van der Waals surface area (Å²) in [5.41, 5.74) is -1.67. The molecule has 2 fully saturated rings. The lowest BCUT2D eigenvalue weighted by Gasteiger charge is -2.37. The monoisotopic (exact) mass is 670 g/mol. The van der Waals surface area contributed by atoms with Crippen LogP contribution in [0, 0.1) is 16.0 Å². The predicted octanol–water partition coefficient (Wildman–Crippen LogP) is -0.367. The summed E-state index contributed by atoms with van der Waals surface area (Å²) in [5, 5.41) is 75.2. The topological polar surface area (TPSA) is 243 Å². The number of aliphatic hydroxyl groups is 6. The normalized spacial score (nSPS) is 29.3. The summed E-state index contributed by atoms with van der Waals surface area (Å²) >= 11 is 0. The molecule has 16 nitrogen and oxygen atoms in total. The summed E-state index contributed by atoms with van der Waals surface area (Å²) in [6.07, 6.45) is -4.62. The molecule has 16 heteroatoms. The van der Waals surface area contributed by atoms with Gasteiger partial charge in [-0.2, -0.15) is 0 Å². The van der Waals surface area contributed by atoms with Crippen molar-refractivity contribution < 1.29 is 54.7 Å². The maximum Gasteiger partial charge on any atom is 0.269 e. The van der Waals surface area contributed by atoms with E-state index in [2.05, 4.69) is 5.32 Å². The SMILES string of the molecule is C[C@@H](/C=C/CC(=O)N1CCC[C@H]1CO)[C@]1(O)C(=O)N(Cc2cccc(NC(=O)[C@H]3O[C@@H](O)[C@H](O)[C@@H](O)[C@@H]3O)c2)c2ccc([N+](=O)[O-])cc21. The number of amides is 3. The van der Waals surface area contributed by atoms with Crippen LogP contribution < -0.4 is 10.2 Å². The van der Waals surface area contributed by atoms with E-state index in [-0.39, 0.29) is 54.1 Å². The molecular formula is C32H38N4O12. The number of nitro benzene ring substituents is 1. The van der Waals surface area contributed by atoms with E-state index < -0.39 is 59.0 Å². The molecule has 2 aromatic rings. The van der Waals surface area contributed by atoms with E-state index in [1.807, 2.05) is 0 Å². The third kappa shape index (κ3) is 6.55. The highest BCUT2D eigenvalue weighted by molar-refractivity contribution is 6.07. The van der Waals surface area contributed by atoms with Gasteiger partial charge >= 0.3 is 0 Å². The molecule has 0 radical (unpaired) electrons. The van der Waals surface area contributed by atoms with Gasteiger partial charge in [-0.05, 0) is 36.6 Å². The Morgan fingerprint density at radius 2 is 1.90 bits per heavy atom. The molecule has 3 amide bonds. The molecule has 48 heavy (non-hydrogen) atoms. The molecule has 3 aliphatic rings. The van der Waals surface area contributed by atoms with Crippen LogP contribution in [0.2, 0.25) is 0 Å². The second kappa shape index (κ2) is 14.1. The van der Waals surface area contributed by atoms with Crippen LogP contribution in [0.1, 0.15) is 37.3 Å². The first-order valence-electron chi connectivity index (χ1n) is 15.5. The molecule has 258 valence electrons. The summed E-state index contributed by atoms with van der Waals surface area (Å²) in [6, 6.07) is 9.66. The van der Waals surface area contributed by atoms with Gasteiger partial charge in [-0.1, -0.05) is 31.2 Å². The van der Waals surface area contributed by atoms with E-state index in [0.29, 0.717) is 18.5 Å². The Labute approximate surface area is 274 Å². The zero-order valence-corrected chi connectivity index (χ0v) is 26.0. The number of rotatable bonds is 10. The number of ether oxygens (including phenoxy) is 1. The lowest BCUT2D eigenvalue weighted by Crippen LogP contribution is -2.60. The summed E-state index contributed by atoms with van der Waals surface area (Å²) in [7, 11) is 0. The third-order valence-corrected chi connectivity index (χ3v) is 9.13. The fraction of sp³-hybridized carbons (Fsp3) is 0.469. The van der Waals surface area contributed by atoms with Gasteiger partial charge in [-0.15, -0.1) is 0 Å². The van der Waals surface area contributed by atoms with Gasteiger partial charge in [-0.3, -0.25) is 24.5 Å². The van der Waals surface area contributed by atoms with Crippen LogP contribution in [-0.2, 0) is 31.3 Å². The van der Waals surface area contributed by atoms with E-state index in [9.17, 15) is 55.1 Å². The van der Waals surface area contributed by atoms with Gasteiger partial charge in [0.25, 0.3) is 17.5 Å². The minimum absolute atomic E-state index is 0.0114. The van der Waals surface area contributed by atoms with Gasteiger partial charge in [0.2, 0.25) is 5.91 Å². The van der Waals surface area contributed by atoms with Crippen molar-refractivity contribution in [1.29, 1.82) is 0 Å². The Morgan fingerprint density at radius 3 is 2.60 bits per heavy atom. The Morgan fingerprint density at radius 1 is 1.15 bits per heavy atom. The number of benzene rings is 2. The number of carbonyl (C=O) groups excluding carboxylic acids is 3. The Kier molecular flexibility index (Phi) is 10.3. The van der Waals surface area contributed by atoms with Crippen LogP contribution in [0.4, 0.5) is 17.1 Å². The lowest BCUT2D eigenvalue weighted by molar-refractivity contribution is -0.385. The van der Waals surface area contributed by atoms with Crippen LogP contribution >= 0.6 is 0 Å². The minimum atomic E-state index is -2.23. The molecule has 0 spiro atoms. The van der Waals surface area contributed by atoms with E-state index in [1.54, 1.807) is 24.0 Å². The zero-order chi connectivity index (χ0) is 34.9. The van der Waals surface area contributed by atoms with Gasteiger partial charge in [-0.25, -0.2) is 0 Å². The van der Waals surface area contributed by atoms with Gasteiger partial charge in [0, 0.05) is 42.3 Å². The van der Waals surface area contributed by atoms with Crippen molar-refractivity contribution in [2.75, 3.05) is 23.4 Å². The standard InChI is InChI=1S/C32H38N4O12/c1-17(5-2-9-24(38)34-12-4-8-21(34)16-37)32(45)22-14-20(36(46)47)10-11-23(22)35(31(32)44)15-18-6-3-7-19(13-18)33-29(42)28-26(40)25(39)27(41)30(43)48-28/h2-3,5-7,10-11,13-14,17,21,25-28,30,37,39-41,43,45H,4,8-9,12,15-16H2,1H3,(H,33,42)/b5-2+/t17-,21-,25-,26-,27+,28-,30+,32+/m0/s1. The zero-order valence-electron chi connectivity index (χ0n) is 26.0. The second-order valence-corrected chi connectivity index (χ2v) is 12.2. The van der Waals surface area contributed by atoms with Gasteiger partial charge < -0.3 is 50.5 Å². The number of non-ortho nitro benzene ring substituents is 1. The summed E-state index contributed by atoms with van der Waals surface area (Å²) in [5.74, 6) is -2.83. The number of anilines is 2.